The number of rotatable bonds is 9. The lowest BCUT2D eigenvalue weighted by molar-refractivity contribution is 0.0700. The Morgan fingerprint density at radius 2 is 1.94 bits per heavy atom. The number of halogens is 1. The highest BCUT2D eigenvalue weighted by Gasteiger charge is 2.27. The molecule has 2 heterocycles. The second-order valence-electron chi connectivity index (χ2n) is 7.85. The third kappa shape index (κ3) is 6.02. The summed E-state index contributed by atoms with van der Waals surface area (Å²) in [6.45, 7) is 5.78. The minimum Gasteiger partial charge on any atom is -0.393 e. The number of hydrogen-bond acceptors (Lipinski definition) is 7. The van der Waals surface area contributed by atoms with E-state index >= 15 is 0 Å². The van der Waals surface area contributed by atoms with E-state index < -0.39 is 21.5 Å². The van der Waals surface area contributed by atoms with Gasteiger partial charge in [0, 0.05) is 41.0 Å². The predicted molar refractivity (Wildman–Crippen MR) is 125 cm³/mol. The number of anilines is 1. The molecule has 3 N–H and O–H groups in total. The molecule has 0 saturated heterocycles. The maximum absolute atomic E-state index is 12.6. The molecule has 0 amide bonds. The number of pyridine rings is 1. The Hall–Kier alpha value is -2.04. The molecular formula is C21H25ClN4O3S2. The molecule has 0 saturated carbocycles. The lowest BCUT2D eigenvalue weighted by Crippen LogP contribution is -2.40. The highest BCUT2D eigenvalue weighted by atomic mass is 35.5. The van der Waals surface area contributed by atoms with Gasteiger partial charge < -0.3 is 10.4 Å². The molecule has 0 spiro atoms. The van der Waals surface area contributed by atoms with Crippen LogP contribution in [0, 0.1) is 5.41 Å². The molecule has 3 rings (SSSR count). The first-order valence-electron chi connectivity index (χ1n) is 9.64. The molecule has 0 aliphatic carbocycles. The van der Waals surface area contributed by atoms with Crippen LogP contribution in [0.1, 0.15) is 25.8 Å². The second kappa shape index (κ2) is 9.62. The number of hydrogen-bond donors (Lipinski definition) is 3. The van der Waals surface area contributed by atoms with E-state index in [1.807, 2.05) is 17.5 Å². The average Bonchev–Trinajstić information content (AvgIpc) is 3.20. The van der Waals surface area contributed by atoms with Gasteiger partial charge >= 0.3 is 0 Å². The van der Waals surface area contributed by atoms with Crippen LogP contribution in [0.3, 0.4) is 0 Å². The van der Waals surface area contributed by atoms with Gasteiger partial charge in [-0.3, -0.25) is 4.98 Å². The maximum Gasteiger partial charge on any atom is 0.242 e. The second-order valence-corrected chi connectivity index (χ2v) is 10.9. The van der Waals surface area contributed by atoms with Gasteiger partial charge in [-0.25, -0.2) is 18.1 Å². The van der Waals surface area contributed by atoms with Crippen molar-refractivity contribution in [1.29, 1.82) is 0 Å². The van der Waals surface area contributed by atoms with Gasteiger partial charge in [0.25, 0.3) is 0 Å². The molecule has 1 unspecified atom stereocenters. The van der Waals surface area contributed by atoms with Gasteiger partial charge in [0.1, 0.15) is 9.90 Å². The highest BCUT2D eigenvalue weighted by Crippen LogP contribution is 2.27. The molecule has 1 aromatic carbocycles. The topological polar surface area (TPSA) is 104 Å². The predicted octanol–water partition coefficient (Wildman–Crippen LogP) is 4.16. The third-order valence-corrected chi connectivity index (χ3v) is 7.77. The van der Waals surface area contributed by atoms with Crippen molar-refractivity contribution in [2.24, 2.45) is 5.41 Å². The molecule has 31 heavy (non-hydrogen) atoms. The van der Waals surface area contributed by atoms with Crippen molar-refractivity contribution in [3.63, 3.8) is 0 Å². The van der Waals surface area contributed by atoms with Crippen LogP contribution in [0.15, 0.2) is 53.0 Å². The van der Waals surface area contributed by atoms with E-state index in [0.29, 0.717) is 12.2 Å². The minimum atomic E-state index is -3.81. The molecule has 3 aromatic rings. The van der Waals surface area contributed by atoms with Crippen molar-refractivity contribution >= 4 is 38.6 Å². The van der Waals surface area contributed by atoms with E-state index in [1.165, 1.54) is 17.4 Å². The Morgan fingerprint density at radius 1 is 1.23 bits per heavy atom. The maximum atomic E-state index is 12.6. The lowest BCUT2D eigenvalue weighted by atomic mass is 9.88. The molecule has 1 atom stereocenters. The van der Waals surface area contributed by atoms with Crippen molar-refractivity contribution in [1.82, 2.24) is 14.7 Å². The summed E-state index contributed by atoms with van der Waals surface area (Å²) in [4.78, 5) is 8.61. The van der Waals surface area contributed by atoms with Crippen molar-refractivity contribution in [2.45, 2.75) is 38.3 Å². The zero-order chi connectivity index (χ0) is 22.6. The summed E-state index contributed by atoms with van der Waals surface area (Å²) in [6, 6.07) is 8.51. The van der Waals surface area contributed by atoms with E-state index in [0.717, 1.165) is 16.3 Å². The van der Waals surface area contributed by atoms with Crippen molar-refractivity contribution < 1.29 is 13.5 Å². The van der Waals surface area contributed by atoms with Crippen LogP contribution in [0.2, 0.25) is 5.02 Å². The van der Waals surface area contributed by atoms with Gasteiger partial charge in [-0.2, -0.15) is 0 Å². The number of sulfonamides is 1. The molecule has 0 radical (unpaired) electrons. The van der Waals surface area contributed by atoms with Gasteiger partial charge in [-0.05, 0) is 37.3 Å². The summed E-state index contributed by atoms with van der Waals surface area (Å²) in [6.07, 6.45) is 2.79. The first-order chi connectivity index (χ1) is 14.6. The van der Waals surface area contributed by atoms with Crippen molar-refractivity contribution in [3.8, 4) is 11.3 Å². The first-order valence-corrected chi connectivity index (χ1v) is 12.4. The Balaban J connectivity index is 1.65. The van der Waals surface area contributed by atoms with Gasteiger partial charge in [0.15, 0.2) is 0 Å². The fraction of sp³-hybridized carbons (Fsp3) is 0.333. The zero-order valence-electron chi connectivity index (χ0n) is 17.5. The van der Waals surface area contributed by atoms with Crippen molar-refractivity contribution in [2.75, 3.05) is 11.9 Å². The summed E-state index contributed by atoms with van der Waals surface area (Å²) in [5.41, 5.74) is 1.97. The number of aromatic nitrogens is 2. The number of benzene rings is 1. The van der Waals surface area contributed by atoms with Crippen LogP contribution < -0.4 is 10.0 Å². The molecule has 2 aromatic heterocycles. The number of aliphatic hydroxyl groups is 1. The van der Waals surface area contributed by atoms with Crippen LogP contribution in [0.25, 0.3) is 11.3 Å². The van der Waals surface area contributed by atoms with Crippen LogP contribution in [0.4, 0.5) is 5.69 Å². The van der Waals surface area contributed by atoms with Crippen LogP contribution in [-0.4, -0.2) is 36.1 Å². The first kappa shape index (κ1) is 23.6. The van der Waals surface area contributed by atoms with E-state index in [4.69, 9.17) is 11.6 Å². The molecule has 166 valence electrons. The van der Waals surface area contributed by atoms with E-state index in [-0.39, 0.29) is 16.5 Å². The Labute approximate surface area is 191 Å². The van der Waals surface area contributed by atoms with E-state index in [9.17, 15) is 13.5 Å². The number of thiazole rings is 1. The van der Waals surface area contributed by atoms with Crippen LogP contribution >= 0.6 is 22.9 Å². The monoisotopic (exact) mass is 480 g/mol. The molecule has 7 nitrogen and oxygen atoms in total. The van der Waals surface area contributed by atoms with E-state index in [1.54, 1.807) is 45.3 Å². The van der Waals surface area contributed by atoms with Gasteiger partial charge in [0.2, 0.25) is 10.0 Å². The van der Waals surface area contributed by atoms with Gasteiger partial charge in [-0.1, -0.05) is 25.4 Å². The fourth-order valence-corrected chi connectivity index (χ4v) is 5.07. The summed E-state index contributed by atoms with van der Waals surface area (Å²) in [7, 11) is -3.81. The zero-order valence-corrected chi connectivity index (χ0v) is 19.9. The molecule has 0 aliphatic rings. The number of nitrogens with one attached hydrogen (secondary N) is 2. The van der Waals surface area contributed by atoms with Crippen LogP contribution in [-0.2, 0) is 16.6 Å². The quantitative estimate of drug-likeness (QED) is 0.425. The van der Waals surface area contributed by atoms with Gasteiger partial charge in [0.05, 0.1) is 23.4 Å². The smallest absolute Gasteiger partial charge is 0.242 e. The van der Waals surface area contributed by atoms with Crippen molar-refractivity contribution in [3.05, 3.63) is 58.1 Å². The molecule has 0 aliphatic heterocycles. The number of nitrogens with zero attached hydrogens (tertiary/aromatic N) is 2. The van der Waals surface area contributed by atoms with E-state index in [2.05, 4.69) is 20.0 Å². The minimum absolute atomic E-state index is 0.00432. The fourth-order valence-electron chi connectivity index (χ4n) is 2.56. The molecule has 0 bridgehead atoms. The Morgan fingerprint density at radius 3 is 2.58 bits per heavy atom. The SMILES string of the molecule is CC(O)C(C)(C)CNS(=O)(=O)c1ccc(NCc2nc(-c3ccncc3)cs2)cc1Cl. The highest BCUT2D eigenvalue weighted by molar-refractivity contribution is 7.89. The Kier molecular flexibility index (Phi) is 7.33. The lowest BCUT2D eigenvalue weighted by Gasteiger charge is -2.28. The number of aliphatic hydroxyl groups excluding tert-OH is 1. The normalized spacial score (nSPS) is 13.2. The molecular weight excluding hydrogens is 456 g/mol. The molecule has 10 heteroatoms. The molecule has 0 fully saturated rings. The summed E-state index contributed by atoms with van der Waals surface area (Å²) >= 11 is 7.80. The average molecular weight is 481 g/mol. The third-order valence-electron chi connectivity index (χ3n) is 5.04. The largest absolute Gasteiger partial charge is 0.393 e. The standard InChI is InChI=1S/C21H25ClN4O3S2/c1-14(27)21(2,3)13-25-31(28,29)19-5-4-16(10-17(19)22)24-11-20-26-18(12-30-20)15-6-8-23-9-7-15/h4-10,12,14,24-25,27H,11,13H2,1-3H3. The van der Waals surface area contributed by atoms with Crippen LogP contribution in [0.5, 0.6) is 0 Å². The summed E-state index contributed by atoms with van der Waals surface area (Å²) < 4.78 is 27.8. The van der Waals surface area contributed by atoms with Gasteiger partial charge in [-0.15, -0.1) is 11.3 Å². The summed E-state index contributed by atoms with van der Waals surface area (Å²) in [5.74, 6) is 0. The summed E-state index contributed by atoms with van der Waals surface area (Å²) in [5, 5.41) is 16.0. The Bertz CT molecular complexity index is 1130.